The number of benzene rings is 3. The van der Waals surface area contributed by atoms with Crippen LogP contribution in [0.25, 0.3) is 16.2 Å². The Balaban J connectivity index is 0.831. The Hall–Kier alpha value is -7.52. The van der Waals surface area contributed by atoms with E-state index in [1.807, 2.05) is 55.5 Å². The third-order valence-corrected chi connectivity index (χ3v) is 15.6. The highest BCUT2D eigenvalue weighted by atomic mass is 32.1. The maximum atomic E-state index is 14.7. The van der Waals surface area contributed by atoms with Crippen molar-refractivity contribution < 1.29 is 53.3 Å². The van der Waals surface area contributed by atoms with Crippen LogP contribution in [-0.4, -0.2) is 134 Å². The number of halogens is 1. The number of aromatic hydroxyl groups is 1. The molecule has 1 unspecified atom stereocenters. The average Bonchev–Trinajstić information content (AvgIpc) is 3.72. The zero-order chi connectivity index (χ0) is 57.2. The van der Waals surface area contributed by atoms with Gasteiger partial charge in [-0.1, -0.05) is 88.2 Å². The SMILES string of the molecule is Cc1ncsc1-c1ccc([C@H](CC(=O)NCCCCCCC(=O)NCCN(C)C(=O)c2ccc(/C(O)=C/C(=N)C(=O)NC3CCc4ccccc43)cc2O)NC(=O)[C@@H]2C[C@@H](O)CN2C(=O)[C@@H](NC(=O)C2(F)CC2)C(C)(C)C)cc1. The summed E-state index contributed by atoms with van der Waals surface area (Å²) < 4.78 is 14.7. The number of aliphatic hydroxyl groups is 2. The highest BCUT2D eigenvalue weighted by molar-refractivity contribution is 7.13. The molecule has 19 nitrogen and oxygen atoms in total. The molecule has 1 aliphatic heterocycles. The highest BCUT2D eigenvalue weighted by Crippen LogP contribution is 2.41. The largest absolute Gasteiger partial charge is 0.507 e. The normalized spacial score (nSPS) is 18.1. The van der Waals surface area contributed by atoms with Crippen LogP contribution >= 0.6 is 11.3 Å². The van der Waals surface area contributed by atoms with Crippen LogP contribution in [0.1, 0.15) is 135 Å². The topological polar surface area (TPSA) is 284 Å². The van der Waals surface area contributed by atoms with Crippen molar-refractivity contribution in [2.75, 3.05) is 33.2 Å². The number of alkyl halides is 1. The fourth-order valence-corrected chi connectivity index (χ4v) is 10.6. The molecule has 21 heteroatoms. The molecule has 9 N–H and O–H groups in total. The number of hydrogen-bond donors (Lipinski definition) is 9. The van der Waals surface area contributed by atoms with E-state index in [0.29, 0.717) is 44.2 Å². The minimum absolute atomic E-state index is 0.0426. The van der Waals surface area contributed by atoms with Gasteiger partial charge in [0.15, 0.2) is 5.67 Å². The number of aryl methyl sites for hydroxylation is 2. The molecule has 79 heavy (non-hydrogen) atoms. The van der Waals surface area contributed by atoms with Crippen molar-refractivity contribution in [3.8, 4) is 16.2 Å². The number of phenolic OH excluding ortho intramolecular Hbond substituents is 1. The summed E-state index contributed by atoms with van der Waals surface area (Å²) >= 11 is 1.49. The molecule has 5 atom stereocenters. The summed E-state index contributed by atoms with van der Waals surface area (Å²) in [6, 6.07) is 15.7. The van der Waals surface area contributed by atoms with E-state index in [1.54, 1.807) is 26.3 Å². The average molecular weight is 1110 g/mol. The first-order valence-corrected chi connectivity index (χ1v) is 27.7. The Labute approximate surface area is 463 Å². The van der Waals surface area contributed by atoms with Crippen LogP contribution in [0.4, 0.5) is 4.39 Å². The molecule has 2 fully saturated rings. The molecule has 2 aliphatic carbocycles. The maximum absolute atomic E-state index is 14.7. The van der Waals surface area contributed by atoms with Crippen LogP contribution in [0.3, 0.4) is 0 Å². The molecule has 7 amide bonds. The van der Waals surface area contributed by atoms with E-state index in [9.17, 15) is 53.3 Å². The number of likely N-dealkylation sites (N-methyl/N-ethyl adjacent to an activating group) is 1. The Morgan fingerprint density at radius 2 is 1.66 bits per heavy atom. The summed E-state index contributed by atoms with van der Waals surface area (Å²) in [5, 5.41) is 54.5. The number of hydrogen-bond acceptors (Lipinski definition) is 13. The summed E-state index contributed by atoms with van der Waals surface area (Å²) in [5.74, 6) is -4.68. The molecule has 1 aromatic heterocycles. The third kappa shape index (κ3) is 15.4. The van der Waals surface area contributed by atoms with E-state index in [2.05, 4.69) is 31.6 Å². The van der Waals surface area contributed by atoms with Gasteiger partial charge in [0.1, 0.15) is 29.3 Å². The number of likely N-dealkylation sites (tertiary alicyclic amines) is 1. The monoisotopic (exact) mass is 1110 g/mol. The van der Waals surface area contributed by atoms with Crippen LogP contribution < -0.4 is 26.6 Å². The minimum Gasteiger partial charge on any atom is -0.507 e. The number of carbonyl (C=O) groups is 7. The van der Waals surface area contributed by atoms with E-state index in [4.69, 9.17) is 5.41 Å². The van der Waals surface area contributed by atoms with Gasteiger partial charge in [-0.2, -0.15) is 0 Å². The maximum Gasteiger partial charge on any atom is 0.269 e. The Morgan fingerprint density at radius 1 is 0.949 bits per heavy atom. The van der Waals surface area contributed by atoms with Crippen molar-refractivity contribution in [2.45, 2.75) is 134 Å². The molecule has 1 saturated heterocycles. The first-order valence-electron chi connectivity index (χ1n) is 26.8. The first-order chi connectivity index (χ1) is 37.5. The molecule has 2 heterocycles. The summed E-state index contributed by atoms with van der Waals surface area (Å²) in [7, 11) is 1.52. The summed E-state index contributed by atoms with van der Waals surface area (Å²) in [4.78, 5) is 101. The lowest BCUT2D eigenvalue weighted by molar-refractivity contribution is -0.145. The second-order valence-electron chi connectivity index (χ2n) is 21.8. The van der Waals surface area contributed by atoms with Crippen LogP contribution in [0, 0.1) is 17.7 Å². The van der Waals surface area contributed by atoms with Gasteiger partial charge in [-0.3, -0.25) is 39.0 Å². The zero-order valence-electron chi connectivity index (χ0n) is 45.3. The zero-order valence-corrected chi connectivity index (χ0v) is 46.1. The molecule has 7 rings (SSSR count). The van der Waals surface area contributed by atoms with Gasteiger partial charge in [-0.15, -0.1) is 11.3 Å². The predicted octanol–water partition coefficient (Wildman–Crippen LogP) is 6.04. The number of nitrogens with zero attached hydrogens (tertiary/aromatic N) is 3. The van der Waals surface area contributed by atoms with Crippen molar-refractivity contribution in [3.05, 3.63) is 112 Å². The number of β-amino-alcohol motifs (C(OH)–C–C–N with tert-alkyl or cyclic N) is 1. The molecule has 1 saturated carbocycles. The van der Waals surface area contributed by atoms with Gasteiger partial charge in [0, 0.05) is 57.7 Å². The third-order valence-electron chi connectivity index (χ3n) is 14.6. The van der Waals surface area contributed by atoms with Gasteiger partial charge in [-0.25, -0.2) is 9.37 Å². The predicted molar refractivity (Wildman–Crippen MR) is 297 cm³/mol. The molecule has 3 aliphatic rings. The quantitative estimate of drug-likeness (QED) is 0.0221. The van der Waals surface area contributed by atoms with E-state index < -0.39 is 82.1 Å². The molecule has 0 radical (unpaired) electrons. The number of phenols is 1. The molecule has 0 spiro atoms. The number of carbonyl (C=O) groups excluding carboxylic acids is 7. The van der Waals surface area contributed by atoms with Crippen LogP contribution in [-0.2, 0) is 35.2 Å². The van der Waals surface area contributed by atoms with Crippen LogP contribution in [0.15, 0.2) is 78.3 Å². The second-order valence-corrected chi connectivity index (χ2v) is 22.7. The molecule has 4 aromatic rings. The Morgan fingerprint density at radius 3 is 2.34 bits per heavy atom. The summed E-state index contributed by atoms with van der Waals surface area (Å²) in [6.45, 7) is 7.53. The number of fused-ring (bicyclic) bond motifs is 1. The van der Waals surface area contributed by atoms with Gasteiger partial charge in [-0.05, 0) is 85.3 Å². The molecular weight excluding hydrogens is 1030 g/mol. The molecule has 0 bridgehead atoms. The van der Waals surface area contributed by atoms with E-state index in [-0.39, 0.29) is 80.7 Å². The first kappa shape index (κ1) is 59.1. The second kappa shape index (κ2) is 26.0. The standard InChI is InChI=1S/C58H72FN9O10S/c1-34-50(79-33-63-34)37-17-15-36(16-18-37)44(65-53(75)45-29-39(69)32-68(45)55(77)51(57(2,3)4)66-56(78)58(59)23-24-58)31-49(73)61-25-11-7-6-8-14-48(72)62-26-27-67(5)54(76)41-21-19-38(28-47(41)71)46(70)30-42(60)52(74)64-43-22-20-35-12-9-10-13-40(35)43/h9-10,12-13,15-19,21,28,30,33,39,43-45,51,60,69-71H,6-8,11,14,20,22-27,29,31-32H2,1-5H3,(H,61,73)(H,62,72)(H,64,74)(H,65,75)(H,66,78)/b46-30-,60-42?/t39-,43?,44+,45+,51-/m1/s1. The van der Waals surface area contributed by atoms with Crippen molar-refractivity contribution in [1.82, 2.24) is 41.4 Å². The lowest BCUT2D eigenvalue weighted by atomic mass is 9.85. The summed E-state index contributed by atoms with van der Waals surface area (Å²) in [5.41, 5.74) is 2.99. The van der Waals surface area contributed by atoms with E-state index in [1.165, 1.54) is 46.4 Å². The van der Waals surface area contributed by atoms with Crippen molar-refractivity contribution in [3.63, 3.8) is 0 Å². The fourth-order valence-electron chi connectivity index (χ4n) is 9.79. The van der Waals surface area contributed by atoms with Crippen LogP contribution in [0.5, 0.6) is 5.75 Å². The minimum atomic E-state index is -2.03. The van der Waals surface area contributed by atoms with E-state index in [0.717, 1.165) is 39.8 Å². The highest BCUT2D eigenvalue weighted by Gasteiger charge is 2.53. The van der Waals surface area contributed by atoms with Gasteiger partial charge < -0.3 is 51.7 Å². The smallest absolute Gasteiger partial charge is 0.269 e. The van der Waals surface area contributed by atoms with Crippen LogP contribution in [0.2, 0.25) is 0 Å². The molecule has 3 aromatic carbocycles. The van der Waals surface area contributed by atoms with Crippen molar-refractivity contribution in [2.24, 2.45) is 5.41 Å². The van der Waals surface area contributed by atoms with Gasteiger partial charge in [0.05, 0.1) is 46.3 Å². The lowest BCUT2D eigenvalue weighted by Crippen LogP contribution is -2.59. The fraction of sp³-hybridized carbons (Fsp3) is 0.466. The van der Waals surface area contributed by atoms with Crippen molar-refractivity contribution >= 4 is 64.2 Å². The number of aliphatic hydroxyl groups excluding tert-OH is 2. The number of amides is 7. The summed E-state index contributed by atoms with van der Waals surface area (Å²) in [6.07, 6.45) is 4.22. The number of rotatable bonds is 24. The number of nitrogens with one attached hydrogen (secondary N) is 6. The van der Waals surface area contributed by atoms with Gasteiger partial charge >= 0.3 is 0 Å². The molecular formula is C58H72FN9O10S. The lowest BCUT2D eigenvalue weighted by Gasteiger charge is -2.36. The molecule has 422 valence electrons. The Bertz CT molecular complexity index is 2950. The number of aromatic nitrogens is 1. The van der Waals surface area contributed by atoms with E-state index >= 15 is 0 Å². The van der Waals surface area contributed by atoms with Crippen molar-refractivity contribution in [1.29, 1.82) is 5.41 Å². The number of thiazole rings is 1. The number of unbranched alkanes of at least 4 members (excludes halogenated alkanes) is 3. The Kier molecular flexibility index (Phi) is 19.4. The van der Waals surface area contributed by atoms with Gasteiger partial charge in [0.25, 0.3) is 17.7 Å². The van der Waals surface area contributed by atoms with Gasteiger partial charge in [0.2, 0.25) is 23.6 Å².